The maximum Gasteiger partial charge on any atom is 0.434 e. The molecule has 0 spiro atoms. The van der Waals surface area contributed by atoms with Crippen molar-refractivity contribution < 1.29 is 13.2 Å². The van der Waals surface area contributed by atoms with Gasteiger partial charge in [-0.3, -0.25) is 9.89 Å². The summed E-state index contributed by atoms with van der Waals surface area (Å²) in [5, 5.41) is 7.85. The maximum absolute atomic E-state index is 12.6. The summed E-state index contributed by atoms with van der Waals surface area (Å²) in [6.07, 6.45) is -2.99. The Kier molecular flexibility index (Phi) is 10.1. The second kappa shape index (κ2) is 11.5. The van der Waals surface area contributed by atoms with E-state index in [9.17, 15) is 13.2 Å². The van der Waals surface area contributed by atoms with E-state index in [1.54, 1.807) is 0 Å². The average Bonchev–Trinajstić information content (AvgIpc) is 3.03. The van der Waals surface area contributed by atoms with Crippen LogP contribution in [0.1, 0.15) is 51.7 Å². The van der Waals surface area contributed by atoms with E-state index in [1.165, 1.54) is 0 Å². The topological polar surface area (TPSA) is 52.6 Å². The van der Waals surface area contributed by atoms with Crippen LogP contribution in [0.15, 0.2) is 10.4 Å². The molecular weight excluding hydrogens is 375 g/mol. The van der Waals surface area contributed by atoms with Crippen molar-refractivity contribution in [3.63, 3.8) is 0 Å². The molecule has 27 heavy (non-hydrogen) atoms. The van der Waals surface area contributed by atoms with E-state index in [-0.39, 0.29) is 0 Å². The first-order valence-electron chi connectivity index (χ1n) is 9.44. The lowest BCUT2D eigenvalue weighted by molar-refractivity contribution is -0.140. The zero-order valence-electron chi connectivity index (χ0n) is 16.9. The van der Waals surface area contributed by atoms with Crippen LogP contribution in [0.4, 0.5) is 13.2 Å². The summed E-state index contributed by atoms with van der Waals surface area (Å²) in [5.74, 6) is 0.686. The number of guanidine groups is 1. The number of hydrogen-bond acceptors (Lipinski definition) is 4. The molecule has 0 atom stereocenters. The summed E-state index contributed by atoms with van der Waals surface area (Å²) in [7, 11) is 0. The molecule has 0 fully saturated rings. The van der Waals surface area contributed by atoms with Gasteiger partial charge in [-0.2, -0.15) is 13.2 Å². The lowest BCUT2D eigenvalue weighted by Crippen LogP contribution is -2.39. The highest BCUT2D eigenvalue weighted by molar-refractivity contribution is 7.09. The molecule has 0 saturated carbocycles. The molecule has 0 saturated heterocycles. The number of nitrogens with one attached hydrogen (secondary N) is 2. The minimum Gasteiger partial charge on any atom is -0.357 e. The van der Waals surface area contributed by atoms with Crippen LogP contribution in [0.25, 0.3) is 0 Å². The van der Waals surface area contributed by atoms with Gasteiger partial charge in [0.15, 0.2) is 11.7 Å². The van der Waals surface area contributed by atoms with Gasteiger partial charge in [0.2, 0.25) is 0 Å². The molecule has 0 aliphatic heterocycles. The normalized spacial score (nSPS) is 13.1. The Morgan fingerprint density at radius 2 is 1.89 bits per heavy atom. The first-order valence-corrected chi connectivity index (χ1v) is 10.3. The fourth-order valence-electron chi connectivity index (χ4n) is 2.74. The highest BCUT2D eigenvalue weighted by Gasteiger charge is 2.33. The lowest BCUT2D eigenvalue weighted by Gasteiger charge is -2.30. The summed E-state index contributed by atoms with van der Waals surface area (Å²) >= 11 is 1.03. The maximum atomic E-state index is 12.6. The number of aliphatic imine (C=N–C) groups is 1. The number of rotatable bonds is 10. The first-order chi connectivity index (χ1) is 12.6. The Hall–Kier alpha value is -1.35. The van der Waals surface area contributed by atoms with Crippen molar-refractivity contribution in [2.24, 2.45) is 4.99 Å². The van der Waals surface area contributed by atoms with Crippen LogP contribution in [-0.4, -0.2) is 54.1 Å². The smallest absolute Gasteiger partial charge is 0.357 e. The molecule has 2 N–H and O–H groups in total. The fraction of sp³-hybridized carbons (Fsp3) is 0.778. The Labute approximate surface area is 164 Å². The van der Waals surface area contributed by atoms with Crippen LogP contribution < -0.4 is 10.6 Å². The molecule has 1 heterocycles. The van der Waals surface area contributed by atoms with Gasteiger partial charge in [0.25, 0.3) is 0 Å². The molecule has 0 aliphatic carbocycles. The van der Waals surface area contributed by atoms with E-state index in [1.807, 2.05) is 6.92 Å². The minimum atomic E-state index is -4.38. The van der Waals surface area contributed by atoms with E-state index < -0.39 is 11.9 Å². The van der Waals surface area contributed by atoms with Gasteiger partial charge >= 0.3 is 6.18 Å². The number of nitrogens with zero attached hydrogens (tertiary/aromatic N) is 3. The quantitative estimate of drug-likeness (QED) is 0.352. The summed E-state index contributed by atoms with van der Waals surface area (Å²) in [6.45, 7) is 13.6. The molecule has 1 aromatic heterocycles. The zero-order valence-corrected chi connectivity index (χ0v) is 17.7. The summed E-state index contributed by atoms with van der Waals surface area (Å²) < 4.78 is 37.7. The Morgan fingerprint density at radius 3 is 2.41 bits per heavy atom. The Bertz CT molecular complexity index is 562. The summed E-state index contributed by atoms with van der Waals surface area (Å²) in [5.41, 5.74) is -0.817. The molecule has 0 aromatic carbocycles. The van der Waals surface area contributed by atoms with Crippen molar-refractivity contribution in [3.05, 3.63) is 16.1 Å². The third kappa shape index (κ3) is 8.92. The van der Waals surface area contributed by atoms with Crippen LogP contribution in [0.5, 0.6) is 0 Å². The van der Waals surface area contributed by atoms with Crippen LogP contribution in [0, 0.1) is 0 Å². The van der Waals surface area contributed by atoms with Gasteiger partial charge in [0.05, 0.1) is 5.01 Å². The molecular formula is C18H32F3N5S. The Morgan fingerprint density at radius 1 is 1.22 bits per heavy atom. The van der Waals surface area contributed by atoms with Crippen LogP contribution >= 0.6 is 11.3 Å². The largest absolute Gasteiger partial charge is 0.434 e. The van der Waals surface area contributed by atoms with E-state index in [4.69, 9.17) is 0 Å². The third-order valence-electron chi connectivity index (χ3n) is 3.99. The standard InChI is InChI=1S/C18H32F3N5S/c1-6-22-17(23-9-7-11-26(13(2)3)14(4)5)24-10-8-16-25-15(12-27-16)18(19,20)21/h12-14H,6-11H2,1-5H3,(H2,22,23,24). The van der Waals surface area contributed by atoms with E-state index >= 15 is 0 Å². The number of hydrogen-bond donors (Lipinski definition) is 2. The summed E-state index contributed by atoms with van der Waals surface area (Å²) in [4.78, 5) is 10.6. The number of aromatic nitrogens is 1. The van der Waals surface area contributed by atoms with Crippen molar-refractivity contribution in [2.45, 2.75) is 65.7 Å². The SMILES string of the molecule is CCNC(=NCCCN(C(C)C)C(C)C)NCCc1nc(C(F)(F)F)cs1. The van der Waals surface area contributed by atoms with Crippen LogP contribution in [-0.2, 0) is 12.6 Å². The number of halogens is 3. The van der Waals surface area contributed by atoms with Gasteiger partial charge in [-0.1, -0.05) is 0 Å². The molecule has 9 heteroatoms. The second-order valence-electron chi connectivity index (χ2n) is 6.84. The highest BCUT2D eigenvalue weighted by Crippen LogP contribution is 2.29. The average molecular weight is 408 g/mol. The van der Waals surface area contributed by atoms with Crippen molar-refractivity contribution >= 4 is 17.3 Å². The molecule has 0 bridgehead atoms. The first kappa shape index (κ1) is 23.7. The van der Waals surface area contributed by atoms with E-state index in [2.05, 4.69) is 53.2 Å². The van der Waals surface area contributed by atoms with Crippen LogP contribution in [0.2, 0.25) is 0 Å². The van der Waals surface area contributed by atoms with Crippen molar-refractivity contribution in [1.29, 1.82) is 0 Å². The molecule has 0 unspecified atom stereocenters. The zero-order chi connectivity index (χ0) is 20.4. The predicted molar refractivity (Wildman–Crippen MR) is 106 cm³/mol. The summed E-state index contributed by atoms with van der Waals surface area (Å²) in [6, 6.07) is 1.00. The van der Waals surface area contributed by atoms with Crippen LogP contribution in [0.3, 0.4) is 0 Å². The fourth-order valence-corrected chi connectivity index (χ4v) is 3.55. The van der Waals surface area contributed by atoms with E-state index in [0.717, 1.165) is 36.2 Å². The van der Waals surface area contributed by atoms with Gasteiger partial charge in [-0.15, -0.1) is 11.3 Å². The van der Waals surface area contributed by atoms with Gasteiger partial charge in [-0.25, -0.2) is 4.98 Å². The van der Waals surface area contributed by atoms with Crippen molar-refractivity contribution in [1.82, 2.24) is 20.5 Å². The highest BCUT2D eigenvalue weighted by atomic mass is 32.1. The third-order valence-corrected chi connectivity index (χ3v) is 4.90. The molecule has 156 valence electrons. The predicted octanol–water partition coefficient (Wildman–Crippen LogP) is 3.77. The molecule has 0 amide bonds. The van der Waals surface area contributed by atoms with Gasteiger partial charge < -0.3 is 10.6 Å². The molecule has 0 radical (unpaired) electrons. The van der Waals surface area contributed by atoms with Crippen molar-refractivity contribution in [3.8, 4) is 0 Å². The number of thiazole rings is 1. The van der Waals surface area contributed by atoms with Gasteiger partial charge in [0.1, 0.15) is 0 Å². The lowest BCUT2D eigenvalue weighted by atomic mass is 10.2. The monoisotopic (exact) mass is 407 g/mol. The van der Waals surface area contributed by atoms with E-state index in [0.29, 0.717) is 42.6 Å². The molecule has 5 nitrogen and oxygen atoms in total. The molecule has 1 aromatic rings. The van der Waals surface area contributed by atoms with Gasteiger partial charge in [0, 0.05) is 50.1 Å². The number of alkyl halides is 3. The Balaban J connectivity index is 2.44. The molecule has 0 aliphatic rings. The van der Waals surface area contributed by atoms with Gasteiger partial charge in [-0.05, 0) is 41.0 Å². The second-order valence-corrected chi connectivity index (χ2v) is 7.78. The van der Waals surface area contributed by atoms with Crippen molar-refractivity contribution in [2.75, 3.05) is 26.2 Å². The minimum absolute atomic E-state index is 0.430. The molecule has 1 rings (SSSR count).